The predicted molar refractivity (Wildman–Crippen MR) is 89.7 cm³/mol. The first-order valence-corrected chi connectivity index (χ1v) is 9.58. The summed E-state index contributed by atoms with van der Waals surface area (Å²) in [6.07, 6.45) is 0. The molecule has 0 atom stereocenters. The SMILES string of the molecule is CNCc1csc(S(=O)(=O)Nc2c(Br)cccc2Br)c1. The first-order valence-electron chi connectivity index (χ1n) is 5.63. The normalized spacial score (nSPS) is 11.6. The quantitative estimate of drug-likeness (QED) is 0.744. The molecule has 1 aromatic heterocycles. The van der Waals surface area contributed by atoms with Crippen molar-refractivity contribution in [1.82, 2.24) is 5.32 Å². The summed E-state index contributed by atoms with van der Waals surface area (Å²) in [4.78, 5) is 0. The lowest BCUT2D eigenvalue weighted by atomic mass is 10.3. The summed E-state index contributed by atoms with van der Waals surface area (Å²) >= 11 is 7.88. The molecule has 2 aromatic rings. The topological polar surface area (TPSA) is 58.2 Å². The van der Waals surface area contributed by atoms with Gasteiger partial charge in [-0.25, -0.2) is 8.42 Å². The van der Waals surface area contributed by atoms with Crippen LogP contribution in [0.1, 0.15) is 5.56 Å². The van der Waals surface area contributed by atoms with Gasteiger partial charge in [0.15, 0.2) is 0 Å². The van der Waals surface area contributed by atoms with Crippen molar-refractivity contribution < 1.29 is 8.42 Å². The molecule has 2 N–H and O–H groups in total. The number of para-hydroxylation sites is 1. The molecule has 1 heterocycles. The van der Waals surface area contributed by atoms with E-state index in [0.29, 0.717) is 25.4 Å². The zero-order valence-electron chi connectivity index (χ0n) is 10.5. The van der Waals surface area contributed by atoms with Gasteiger partial charge >= 0.3 is 0 Å². The molecule has 0 fully saturated rings. The lowest BCUT2D eigenvalue weighted by Gasteiger charge is -2.10. The zero-order chi connectivity index (χ0) is 14.8. The fourth-order valence-electron chi connectivity index (χ4n) is 1.57. The molecule has 108 valence electrons. The van der Waals surface area contributed by atoms with Crippen LogP contribution in [0.4, 0.5) is 5.69 Å². The van der Waals surface area contributed by atoms with Crippen LogP contribution in [0.2, 0.25) is 0 Å². The molecule has 0 aliphatic carbocycles. The van der Waals surface area contributed by atoms with Crippen LogP contribution in [0.15, 0.2) is 42.8 Å². The summed E-state index contributed by atoms with van der Waals surface area (Å²) in [5.41, 5.74) is 1.44. The molecule has 0 unspecified atom stereocenters. The van der Waals surface area contributed by atoms with Crippen molar-refractivity contribution in [3.8, 4) is 0 Å². The van der Waals surface area contributed by atoms with Gasteiger partial charge in [-0.05, 0) is 68.1 Å². The first-order chi connectivity index (χ1) is 9.44. The van der Waals surface area contributed by atoms with Gasteiger partial charge in [0, 0.05) is 15.5 Å². The summed E-state index contributed by atoms with van der Waals surface area (Å²) in [6, 6.07) is 7.06. The van der Waals surface area contributed by atoms with E-state index < -0.39 is 10.0 Å². The van der Waals surface area contributed by atoms with E-state index in [4.69, 9.17) is 0 Å². The molecule has 0 saturated heterocycles. The molecular formula is C12H12Br2N2O2S2. The van der Waals surface area contributed by atoms with Gasteiger partial charge in [-0.15, -0.1) is 11.3 Å². The molecule has 0 radical (unpaired) electrons. The van der Waals surface area contributed by atoms with Crippen molar-refractivity contribution >= 4 is 58.9 Å². The molecule has 0 amide bonds. The van der Waals surface area contributed by atoms with E-state index in [1.807, 2.05) is 18.5 Å². The van der Waals surface area contributed by atoms with Gasteiger partial charge in [0.05, 0.1) is 5.69 Å². The summed E-state index contributed by atoms with van der Waals surface area (Å²) in [6.45, 7) is 0.644. The molecule has 0 bridgehead atoms. The van der Waals surface area contributed by atoms with Crippen molar-refractivity contribution in [3.05, 3.63) is 44.2 Å². The van der Waals surface area contributed by atoms with Crippen molar-refractivity contribution in [1.29, 1.82) is 0 Å². The number of halogens is 2. The monoisotopic (exact) mass is 438 g/mol. The minimum atomic E-state index is -3.58. The van der Waals surface area contributed by atoms with Gasteiger partial charge in [0.2, 0.25) is 0 Å². The Labute approximate surface area is 138 Å². The molecular weight excluding hydrogens is 428 g/mol. The van der Waals surface area contributed by atoms with Crippen LogP contribution < -0.4 is 10.0 Å². The van der Waals surface area contributed by atoms with Crippen LogP contribution in [-0.4, -0.2) is 15.5 Å². The predicted octanol–water partition coefficient (Wildman–Crippen LogP) is 3.79. The minimum Gasteiger partial charge on any atom is -0.316 e. The van der Waals surface area contributed by atoms with Crippen LogP contribution in [0.5, 0.6) is 0 Å². The first kappa shape index (κ1) is 16.0. The smallest absolute Gasteiger partial charge is 0.271 e. The summed E-state index contributed by atoms with van der Waals surface area (Å²) in [5, 5.41) is 4.83. The highest BCUT2D eigenvalue weighted by Gasteiger charge is 2.19. The lowest BCUT2D eigenvalue weighted by Crippen LogP contribution is -2.12. The highest BCUT2D eigenvalue weighted by Crippen LogP contribution is 2.33. The fourth-order valence-corrected chi connectivity index (χ4v) is 5.34. The van der Waals surface area contributed by atoms with Crippen molar-refractivity contribution in [3.63, 3.8) is 0 Å². The van der Waals surface area contributed by atoms with E-state index in [-0.39, 0.29) is 0 Å². The Morgan fingerprint density at radius 1 is 1.25 bits per heavy atom. The zero-order valence-corrected chi connectivity index (χ0v) is 15.3. The summed E-state index contributed by atoms with van der Waals surface area (Å²) in [5.74, 6) is 0. The number of benzene rings is 1. The molecule has 0 aliphatic rings. The number of thiophene rings is 1. The van der Waals surface area contributed by atoms with Crippen molar-refractivity contribution in [2.24, 2.45) is 0 Å². The molecule has 8 heteroatoms. The van der Waals surface area contributed by atoms with Crippen LogP contribution in [0, 0.1) is 0 Å². The molecule has 1 aromatic carbocycles. The van der Waals surface area contributed by atoms with Gasteiger partial charge in [0.25, 0.3) is 10.0 Å². The van der Waals surface area contributed by atoms with Crippen molar-refractivity contribution in [2.45, 2.75) is 10.8 Å². The molecule has 20 heavy (non-hydrogen) atoms. The van der Waals surface area contributed by atoms with E-state index in [2.05, 4.69) is 41.9 Å². The number of anilines is 1. The summed E-state index contributed by atoms with van der Waals surface area (Å²) in [7, 11) is -1.75. The highest BCUT2D eigenvalue weighted by molar-refractivity contribution is 9.11. The van der Waals surface area contributed by atoms with E-state index in [1.165, 1.54) is 11.3 Å². The molecule has 2 rings (SSSR count). The van der Waals surface area contributed by atoms with E-state index in [9.17, 15) is 8.42 Å². The largest absolute Gasteiger partial charge is 0.316 e. The second kappa shape index (κ2) is 6.57. The third-order valence-corrected chi connectivity index (χ3v) is 6.63. The number of hydrogen-bond donors (Lipinski definition) is 2. The number of rotatable bonds is 5. The Kier molecular flexibility index (Phi) is 5.25. The maximum absolute atomic E-state index is 12.4. The minimum absolute atomic E-state index is 0.297. The molecule has 0 spiro atoms. The molecule has 0 saturated carbocycles. The van der Waals surface area contributed by atoms with Gasteiger partial charge in [-0.1, -0.05) is 6.07 Å². The number of sulfonamides is 1. The van der Waals surface area contributed by atoms with Crippen molar-refractivity contribution in [2.75, 3.05) is 11.8 Å². The average molecular weight is 440 g/mol. The third kappa shape index (κ3) is 3.62. The van der Waals surface area contributed by atoms with E-state index in [1.54, 1.807) is 18.2 Å². The van der Waals surface area contributed by atoms with Gasteiger partial charge in [-0.2, -0.15) is 0 Å². The number of hydrogen-bond acceptors (Lipinski definition) is 4. The average Bonchev–Trinajstić information content (AvgIpc) is 2.84. The Bertz CT molecular complexity index is 694. The van der Waals surface area contributed by atoms with Crippen LogP contribution >= 0.6 is 43.2 Å². The number of nitrogens with one attached hydrogen (secondary N) is 2. The van der Waals surface area contributed by atoms with Crippen LogP contribution in [0.25, 0.3) is 0 Å². The van der Waals surface area contributed by atoms with Gasteiger partial charge in [-0.3, -0.25) is 4.72 Å². The maximum Gasteiger partial charge on any atom is 0.271 e. The highest BCUT2D eigenvalue weighted by atomic mass is 79.9. The maximum atomic E-state index is 12.4. The Balaban J connectivity index is 2.31. The fraction of sp³-hybridized carbons (Fsp3) is 0.167. The van der Waals surface area contributed by atoms with E-state index in [0.717, 1.165) is 5.56 Å². The Morgan fingerprint density at radius 2 is 1.90 bits per heavy atom. The molecule has 0 aliphatic heterocycles. The Morgan fingerprint density at radius 3 is 2.50 bits per heavy atom. The second-order valence-electron chi connectivity index (χ2n) is 4.01. The standard InChI is InChI=1S/C12H12Br2N2O2S2/c1-15-6-8-5-11(19-7-8)20(17,18)16-12-9(13)3-2-4-10(12)14/h2-5,7,15-16H,6H2,1H3. The lowest BCUT2D eigenvalue weighted by molar-refractivity contribution is 0.603. The molecule has 4 nitrogen and oxygen atoms in total. The van der Waals surface area contributed by atoms with Crippen LogP contribution in [0.3, 0.4) is 0 Å². The second-order valence-corrected chi connectivity index (χ2v) is 8.54. The Hall–Kier alpha value is -0.410. The van der Waals surface area contributed by atoms with Crippen LogP contribution in [-0.2, 0) is 16.6 Å². The van der Waals surface area contributed by atoms with Gasteiger partial charge in [0.1, 0.15) is 4.21 Å². The summed E-state index contributed by atoms with van der Waals surface area (Å²) < 4.78 is 29.0. The third-order valence-electron chi connectivity index (χ3n) is 2.47. The van der Waals surface area contributed by atoms with E-state index >= 15 is 0 Å². The van der Waals surface area contributed by atoms with Gasteiger partial charge < -0.3 is 5.32 Å².